The number of nitrogens with one attached hydrogen (secondary N) is 1. The molecule has 2 N–H and O–H groups in total. The molecule has 6 heteroatoms. The maximum absolute atomic E-state index is 12.1. The largest absolute Gasteiger partial charge is 0.393 e. The zero-order chi connectivity index (χ0) is 19.4. The van der Waals surface area contributed by atoms with E-state index in [2.05, 4.69) is 5.32 Å². The second-order valence-corrected chi connectivity index (χ2v) is 8.94. The summed E-state index contributed by atoms with van der Waals surface area (Å²) in [5.74, 6) is 2.16. The third-order valence-electron chi connectivity index (χ3n) is 7.24. The van der Waals surface area contributed by atoms with Gasteiger partial charge in [-0.25, -0.2) is 0 Å². The molecule has 0 bridgehead atoms. The molecule has 0 aromatic rings. The standard InChI is InChI=1S/C21H38N2O4/c1-14(24)18-12-23(27-13-18)11-17-8-5-9-19(20(17)26-3)15-6-4-7-16(10-15)21(25)22-2/h14-20,24H,4-13H2,1-3H3,(H,22,25)/t14-,15?,16?,17?,18?,19?,20?/m0/s1. The number of hydrogen-bond donors (Lipinski definition) is 2. The van der Waals surface area contributed by atoms with E-state index in [0.717, 1.165) is 32.4 Å². The van der Waals surface area contributed by atoms with Crippen molar-refractivity contribution in [3.63, 3.8) is 0 Å². The minimum absolute atomic E-state index is 0.167. The molecule has 27 heavy (non-hydrogen) atoms. The Balaban J connectivity index is 1.60. The quantitative estimate of drug-likeness (QED) is 0.737. The van der Waals surface area contributed by atoms with Gasteiger partial charge in [-0.05, 0) is 44.4 Å². The molecule has 0 radical (unpaired) electrons. The molecule has 6 unspecified atom stereocenters. The molecule has 3 fully saturated rings. The van der Waals surface area contributed by atoms with Gasteiger partial charge in [-0.3, -0.25) is 9.63 Å². The van der Waals surface area contributed by atoms with Gasteiger partial charge < -0.3 is 15.2 Å². The lowest BCUT2D eigenvalue weighted by atomic mass is 9.66. The van der Waals surface area contributed by atoms with E-state index < -0.39 is 0 Å². The number of amides is 1. The fourth-order valence-electron chi connectivity index (χ4n) is 5.67. The van der Waals surface area contributed by atoms with Crippen LogP contribution < -0.4 is 5.32 Å². The van der Waals surface area contributed by atoms with Crippen LogP contribution in [0.4, 0.5) is 0 Å². The van der Waals surface area contributed by atoms with Crippen molar-refractivity contribution in [3.8, 4) is 0 Å². The molecule has 2 aliphatic carbocycles. The number of hydroxylamine groups is 2. The molecule has 1 heterocycles. The fraction of sp³-hybridized carbons (Fsp3) is 0.952. The molecule has 1 saturated heterocycles. The first-order valence-electron chi connectivity index (χ1n) is 10.8. The summed E-state index contributed by atoms with van der Waals surface area (Å²) >= 11 is 0. The summed E-state index contributed by atoms with van der Waals surface area (Å²) in [6.07, 6.45) is 7.90. The molecular weight excluding hydrogens is 344 g/mol. The Labute approximate surface area is 163 Å². The number of ether oxygens (including phenoxy) is 1. The molecule has 1 aliphatic heterocycles. The third-order valence-corrected chi connectivity index (χ3v) is 7.24. The highest BCUT2D eigenvalue weighted by Crippen LogP contribution is 2.43. The molecule has 3 rings (SSSR count). The first-order valence-corrected chi connectivity index (χ1v) is 10.8. The Morgan fingerprint density at radius 3 is 2.74 bits per heavy atom. The molecule has 156 valence electrons. The second kappa shape index (κ2) is 9.68. The number of methoxy groups -OCH3 is 1. The van der Waals surface area contributed by atoms with E-state index in [4.69, 9.17) is 9.57 Å². The third kappa shape index (κ3) is 5.03. The molecule has 0 spiro atoms. The Morgan fingerprint density at radius 1 is 1.30 bits per heavy atom. The summed E-state index contributed by atoms with van der Waals surface area (Å²) in [6, 6.07) is 0. The topological polar surface area (TPSA) is 71.0 Å². The van der Waals surface area contributed by atoms with Gasteiger partial charge in [-0.15, -0.1) is 0 Å². The number of rotatable bonds is 6. The number of carbonyl (C=O) groups excluding carboxylic acids is 1. The number of hydrogen-bond acceptors (Lipinski definition) is 5. The first kappa shape index (κ1) is 21.0. The SMILES string of the molecule is CNC(=O)C1CCCC(C2CCCC(CN3CC([C@H](C)O)CO3)C2OC)C1. The molecule has 3 aliphatic rings. The van der Waals surface area contributed by atoms with Crippen LogP contribution in [-0.4, -0.2) is 62.1 Å². The van der Waals surface area contributed by atoms with Gasteiger partial charge in [0.05, 0.1) is 18.8 Å². The van der Waals surface area contributed by atoms with E-state index in [1.54, 1.807) is 7.05 Å². The van der Waals surface area contributed by atoms with E-state index in [-0.39, 0.29) is 30.0 Å². The number of nitrogens with zero attached hydrogens (tertiary/aromatic N) is 1. The predicted octanol–water partition coefficient (Wildman–Crippen LogP) is 2.21. The van der Waals surface area contributed by atoms with Gasteiger partial charge in [-0.1, -0.05) is 19.3 Å². The summed E-state index contributed by atoms with van der Waals surface area (Å²) < 4.78 is 6.04. The predicted molar refractivity (Wildman–Crippen MR) is 104 cm³/mol. The zero-order valence-electron chi connectivity index (χ0n) is 17.2. The van der Waals surface area contributed by atoms with Crippen LogP contribution >= 0.6 is 0 Å². The number of aliphatic hydroxyl groups is 1. The maximum atomic E-state index is 12.1. The summed E-state index contributed by atoms with van der Waals surface area (Å²) in [7, 11) is 3.59. The van der Waals surface area contributed by atoms with Gasteiger partial charge in [0.15, 0.2) is 0 Å². The molecular formula is C21H38N2O4. The van der Waals surface area contributed by atoms with Crippen molar-refractivity contribution in [3.05, 3.63) is 0 Å². The Morgan fingerprint density at radius 2 is 2.07 bits per heavy atom. The van der Waals surface area contributed by atoms with Crippen molar-refractivity contribution >= 4 is 5.91 Å². The van der Waals surface area contributed by atoms with Crippen molar-refractivity contribution < 1.29 is 19.5 Å². The molecule has 0 aromatic carbocycles. The summed E-state index contributed by atoms with van der Waals surface area (Å²) in [5, 5.41) is 14.7. The Hall–Kier alpha value is -0.690. The monoisotopic (exact) mass is 382 g/mol. The van der Waals surface area contributed by atoms with E-state index in [1.165, 1.54) is 25.7 Å². The van der Waals surface area contributed by atoms with E-state index in [0.29, 0.717) is 24.4 Å². The fourth-order valence-corrected chi connectivity index (χ4v) is 5.67. The van der Waals surface area contributed by atoms with Crippen LogP contribution in [-0.2, 0) is 14.4 Å². The highest BCUT2D eigenvalue weighted by molar-refractivity contribution is 5.78. The van der Waals surface area contributed by atoms with Crippen LogP contribution in [0.15, 0.2) is 0 Å². The van der Waals surface area contributed by atoms with Crippen molar-refractivity contribution in [1.82, 2.24) is 10.4 Å². The van der Waals surface area contributed by atoms with Crippen molar-refractivity contribution in [1.29, 1.82) is 0 Å². The average Bonchev–Trinajstić information content (AvgIpc) is 3.16. The van der Waals surface area contributed by atoms with Crippen molar-refractivity contribution in [2.75, 3.05) is 33.9 Å². The molecule has 7 atom stereocenters. The van der Waals surface area contributed by atoms with Crippen LogP contribution in [0.5, 0.6) is 0 Å². The molecule has 0 aromatic heterocycles. The zero-order valence-corrected chi connectivity index (χ0v) is 17.2. The van der Waals surface area contributed by atoms with Gasteiger partial charge in [0.25, 0.3) is 0 Å². The van der Waals surface area contributed by atoms with Crippen molar-refractivity contribution in [2.24, 2.45) is 29.6 Å². The lowest BCUT2D eigenvalue weighted by molar-refractivity contribution is -0.144. The van der Waals surface area contributed by atoms with Crippen LogP contribution in [0.25, 0.3) is 0 Å². The normalized spacial score (nSPS) is 39.3. The van der Waals surface area contributed by atoms with E-state index >= 15 is 0 Å². The van der Waals surface area contributed by atoms with Gasteiger partial charge in [0.1, 0.15) is 0 Å². The number of aliphatic hydroxyl groups excluding tert-OH is 1. The Bertz CT molecular complexity index is 487. The molecule has 6 nitrogen and oxygen atoms in total. The van der Waals surface area contributed by atoms with E-state index in [9.17, 15) is 9.90 Å². The maximum Gasteiger partial charge on any atom is 0.222 e. The van der Waals surface area contributed by atoms with E-state index in [1.807, 2.05) is 19.1 Å². The molecule has 1 amide bonds. The second-order valence-electron chi connectivity index (χ2n) is 8.94. The van der Waals surface area contributed by atoms with Crippen LogP contribution in [0.1, 0.15) is 51.9 Å². The minimum Gasteiger partial charge on any atom is -0.393 e. The van der Waals surface area contributed by atoms with Crippen LogP contribution in [0.3, 0.4) is 0 Å². The van der Waals surface area contributed by atoms with Crippen molar-refractivity contribution in [2.45, 2.75) is 64.1 Å². The highest BCUT2D eigenvalue weighted by Gasteiger charge is 2.42. The highest BCUT2D eigenvalue weighted by atomic mass is 16.7. The lowest BCUT2D eigenvalue weighted by Crippen LogP contribution is -2.45. The Kier molecular flexibility index (Phi) is 7.54. The summed E-state index contributed by atoms with van der Waals surface area (Å²) in [5.41, 5.74) is 0. The first-order chi connectivity index (χ1) is 13.0. The number of carbonyl (C=O) groups is 1. The summed E-state index contributed by atoms with van der Waals surface area (Å²) in [6.45, 7) is 4.14. The van der Waals surface area contributed by atoms with Crippen LogP contribution in [0.2, 0.25) is 0 Å². The van der Waals surface area contributed by atoms with Gasteiger partial charge >= 0.3 is 0 Å². The minimum atomic E-state index is -0.323. The smallest absolute Gasteiger partial charge is 0.222 e. The molecule has 2 saturated carbocycles. The summed E-state index contributed by atoms with van der Waals surface area (Å²) in [4.78, 5) is 18.0. The van der Waals surface area contributed by atoms with Gasteiger partial charge in [-0.2, -0.15) is 5.06 Å². The van der Waals surface area contributed by atoms with Gasteiger partial charge in [0.2, 0.25) is 5.91 Å². The van der Waals surface area contributed by atoms with Gasteiger partial charge in [0, 0.05) is 45.0 Å². The van der Waals surface area contributed by atoms with Crippen LogP contribution in [0, 0.1) is 29.6 Å². The average molecular weight is 383 g/mol. The lowest BCUT2D eigenvalue weighted by Gasteiger charge is -2.44.